The van der Waals surface area contributed by atoms with E-state index in [4.69, 9.17) is 9.84 Å². The predicted molar refractivity (Wildman–Crippen MR) is 56.7 cm³/mol. The zero-order chi connectivity index (χ0) is 12.0. The van der Waals surface area contributed by atoms with Crippen LogP contribution in [0.5, 0.6) is 0 Å². The fraction of sp³-hybridized carbons (Fsp3) is 0.182. The Kier molecular flexibility index (Phi) is 4.32. The molecule has 0 spiro atoms. The van der Waals surface area contributed by atoms with E-state index in [1.165, 1.54) is 0 Å². The van der Waals surface area contributed by atoms with E-state index in [2.05, 4.69) is 6.92 Å². The van der Waals surface area contributed by atoms with Gasteiger partial charge in [0.2, 0.25) is 0 Å². The Labute approximate surface area is 93.2 Å². The van der Waals surface area contributed by atoms with Gasteiger partial charge >= 0.3 is 12.2 Å². The second kappa shape index (κ2) is 5.75. The predicted octanol–water partition coefficient (Wildman–Crippen LogP) is 2.14. The third-order valence-electron chi connectivity index (χ3n) is 1.88. The number of carbonyl (C=O) groups excluding carboxylic acids is 1. The lowest BCUT2D eigenvalue weighted by Crippen LogP contribution is -2.35. The molecule has 0 saturated heterocycles. The van der Waals surface area contributed by atoms with Gasteiger partial charge in [0.1, 0.15) is 6.61 Å². The lowest BCUT2D eigenvalue weighted by Gasteiger charge is -2.14. The molecular weight excluding hydrogens is 210 g/mol. The molecule has 0 aliphatic carbocycles. The molecule has 1 rings (SSSR count). The molecule has 1 radical (unpaired) electrons. The van der Waals surface area contributed by atoms with Gasteiger partial charge in [0.25, 0.3) is 0 Å². The molecule has 0 aliphatic rings. The van der Waals surface area contributed by atoms with Crippen LogP contribution in [0.4, 0.5) is 9.59 Å². The van der Waals surface area contributed by atoms with Gasteiger partial charge in [-0.05, 0) is 12.5 Å². The van der Waals surface area contributed by atoms with Crippen LogP contribution in [0.3, 0.4) is 0 Å². The fourth-order valence-corrected chi connectivity index (χ4v) is 1.06. The number of carbonyl (C=O) groups is 2. The number of amides is 2. The molecule has 0 fully saturated rings. The second-order valence-electron chi connectivity index (χ2n) is 2.97. The summed E-state index contributed by atoms with van der Waals surface area (Å²) >= 11 is 0. The van der Waals surface area contributed by atoms with Crippen molar-refractivity contribution in [3.8, 4) is 0 Å². The smallest absolute Gasteiger partial charge is 0.419 e. The summed E-state index contributed by atoms with van der Waals surface area (Å²) in [6.45, 7) is 3.20. The molecule has 2 amide bonds. The van der Waals surface area contributed by atoms with E-state index in [0.29, 0.717) is 4.90 Å². The molecule has 1 aromatic carbocycles. The quantitative estimate of drug-likeness (QED) is 0.850. The lowest BCUT2D eigenvalue weighted by molar-refractivity contribution is 0.0931. The molecule has 0 aliphatic heterocycles. The Balaban J connectivity index is 2.49. The van der Waals surface area contributed by atoms with E-state index in [0.717, 1.165) is 5.56 Å². The number of nitrogens with zero attached hydrogens (tertiary/aromatic N) is 1. The van der Waals surface area contributed by atoms with Crippen molar-refractivity contribution >= 4 is 12.2 Å². The number of ether oxygens (including phenoxy) is 1. The highest BCUT2D eigenvalue weighted by atomic mass is 16.6. The summed E-state index contributed by atoms with van der Waals surface area (Å²) in [6.07, 6.45) is -2.28. The monoisotopic (exact) mass is 222 g/mol. The molecule has 0 unspecified atom stereocenters. The molecule has 1 N–H and O–H groups in total. The topological polar surface area (TPSA) is 66.8 Å². The van der Waals surface area contributed by atoms with Crippen LogP contribution in [-0.2, 0) is 11.3 Å². The molecule has 5 nitrogen and oxygen atoms in total. The maximum atomic E-state index is 11.3. The van der Waals surface area contributed by atoms with Crippen molar-refractivity contribution < 1.29 is 19.4 Å². The molecule has 5 heteroatoms. The molecule has 0 saturated carbocycles. The average Bonchev–Trinajstić information content (AvgIpc) is 2.28. The summed E-state index contributed by atoms with van der Waals surface area (Å²) in [7, 11) is 0. The zero-order valence-electron chi connectivity index (χ0n) is 8.63. The van der Waals surface area contributed by atoms with Crippen molar-refractivity contribution in [2.24, 2.45) is 0 Å². The van der Waals surface area contributed by atoms with Gasteiger partial charge in [0, 0.05) is 6.54 Å². The first kappa shape index (κ1) is 12.0. The summed E-state index contributed by atoms with van der Waals surface area (Å²) in [4.78, 5) is 22.3. The van der Waals surface area contributed by atoms with Gasteiger partial charge in [-0.1, -0.05) is 30.3 Å². The van der Waals surface area contributed by atoms with Gasteiger partial charge in [0.15, 0.2) is 0 Å². The molecular formula is C11H12NO4. The third kappa shape index (κ3) is 3.27. The van der Waals surface area contributed by atoms with E-state index in [-0.39, 0.29) is 13.2 Å². The van der Waals surface area contributed by atoms with Gasteiger partial charge in [0.05, 0.1) is 0 Å². The highest BCUT2D eigenvalue weighted by molar-refractivity contribution is 5.86. The lowest BCUT2D eigenvalue weighted by atomic mass is 10.2. The van der Waals surface area contributed by atoms with E-state index in [9.17, 15) is 9.59 Å². The van der Waals surface area contributed by atoms with E-state index in [1.54, 1.807) is 24.3 Å². The van der Waals surface area contributed by atoms with Crippen molar-refractivity contribution in [1.29, 1.82) is 0 Å². The first-order valence-corrected chi connectivity index (χ1v) is 4.65. The van der Waals surface area contributed by atoms with Gasteiger partial charge in [-0.15, -0.1) is 0 Å². The molecule has 16 heavy (non-hydrogen) atoms. The zero-order valence-corrected chi connectivity index (χ0v) is 8.63. The molecule has 85 valence electrons. The number of carboxylic acid groups (broad SMARTS) is 1. The standard InChI is InChI=1S/C11H12NO4/c1-2-12(10(13)14)11(15)16-8-9-6-4-3-5-7-9/h3-7H,1-2,8H2,(H,13,14). The number of hydrogen-bond acceptors (Lipinski definition) is 3. The summed E-state index contributed by atoms with van der Waals surface area (Å²) in [5.74, 6) is 0. The minimum atomic E-state index is -1.37. The van der Waals surface area contributed by atoms with Crippen LogP contribution in [0.1, 0.15) is 5.56 Å². The number of hydrogen-bond donors (Lipinski definition) is 1. The van der Waals surface area contributed by atoms with Gasteiger partial charge in [-0.2, -0.15) is 0 Å². The summed E-state index contributed by atoms with van der Waals surface area (Å²) in [5, 5.41) is 8.63. The van der Waals surface area contributed by atoms with Gasteiger partial charge in [-0.3, -0.25) is 0 Å². The number of benzene rings is 1. The van der Waals surface area contributed by atoms with Crippen molar-refractivity contribution in [2.45, 2.75) is 6.61 Å². The number of rotatable bonds is 3. The van der Waals surface area contributed by atoms with Crippen LogP contribution in [-0.4, -0.2) is 28.7 Å². The van der Waals surface area contributed by atoms with Crippen LogP contribution in [0, 0.1) is 6.92 Å². The molecule has 0 heterocycles. The summed E-state index contributed by atoms with van der Waals surface area (Å²) in [6, 6.07) is 9.01. The van der Waals surface area contributed by atoms with E-state index >= 15 is 0 Å². The van der Waals surface area contributed by atoms with Gasteiger partial charge < -0.3 is 9.84 Å². The van der Waals surface area contributed by atoms with Crippen LogP contribution >= 0.6 is 0 Å². The van der Waals surface area contributed by atoms with Crippen molar-refractivity contribution in [3.05, 3.63) is 42.8 Å². The Morgan fingerprint density at radius 2 is 1.94 bits per heavy atom. The Morgan fingerprint density at radius 1 is 1.31 bits per heavy atom. The molecule has 0 atom stereocenters. The molecule has 1 aromatic rings. The SMILES string of the molecule is [CH2]CN(C(=O)O)C(=O)OCc1ccccc1. The van der Waals surface area contributed by atoms with E-state index < -0.39 is 12.2 Å². The largest absolute Gasteiger partial charge is 0.465 e. The highest BCUT2D eigenvalue weighted by Crippen LogP contribution is 2.03. The van der Waals surface area contributed by atoms with Crippen molar-refractivity contribution in [2.75, 3.05) is 6.54 Å². The average molecular weight is 222 g/mol. The van der Waals surface area contributed by atoms with E-state index in [1.807, 2.05) is 6.07 Å². The van der Waals surface area contributed by atoms with Crippen molar-refractivity contribution in [3.63, 3.8) is 0 Å². The minimum Gasteiger partial charge on any atom is -0.465 e. The highest BCUT2D eigenvalue weighted by Gasteiger charge is 2.19. The summed E-state index contributed by atoms with van der Waals surface area (Å²) in [5.41, 5.74) is 0.797. The Hall–Kier alpha value is -2.04. The maximum Gasteiger partial charge on any atom is 0.419 e. The first-order chi connectivity index (χ1) is 7.65. The maximum absolute atomic E-state index is 11.3. The van der Waals surface area contributed by atoms with Crippen LogP contribution in [0.25, 0.3) is 0 Å². The Morgan fingerprint density at radius 3 is 2.44 bits per heavy atom. The Bertz CT molecular complexity index is 364. The fourth-order valence-electron chi connectivity index (χ4n) is 1.06. The van der Waals surface area contributed by atoms with Crippen LogP contribution < -0.4 is 0 Å². The summed E-state index contributed by atoms with van der Waals surface area (Å²) < 4.78 is 4.81. The van der Waals surface area contributed by atoms with Crippen LogP contribution in [0.2, 0.25) is 0 Å². The van der Waals surface area contributed by atoms with Gasteiger partial charge in [-0.25, -0.2) is 14.5 Å². The van der Waals surface area contributed by atoms with Crippen LogP contribution in [0.15, 0.2) is 30.3 Å². The minimum absolute atomic E-state index is 0.0451. The number of imide groups is 1. The first-order valence-electron chi connectivity index (χ1n) is 4.65. The van der Waals surface area contributed by atoms with Crippen molar-refractivity contribution in [1.82, 2.24) is 4.90 Å². The normalized spacial score (nSPS) is 9.56. The molecule has 0 aromatic heterocycles. The molecule has 0 bridgehead atoms. The third-order valence-corrected chi connectivity index (χ3v) is 1.88. The second-order valence-corrected chi connectivity index (χ2v) is 2.97.